The molecule has 0 heterocycles. The van der Waals surface area contributed by atoms with E-state index in [-0.39, 0.29) is 36.7 Å². The van der Waals surface area contributed by atoms with Crippen LogP contribution in [0.15, 0.2) is 54.6 Å². The second kappa shape index (κ2) is 9.87. The van der Waals surface area contributed by atoms with Gasteiger partial charge in [0.15, 0.2) is 0 Å². The highest BCUT2D eigenvalue weighted by Gasteiger charge is 2.30. The number of aryl methyl sites for hydroxylation is 1. The molecule has 0 radical (unpaired) electrons. The fraction of sp³-hybridized carbons (Fsp3) is 0.348. The zero-order chi connectivity index (χ0) is 20.6. The first kappa shape index (κ1) is 20.6. The molecule has 2 N–H and O–H groups in total. The Morgan fingerprint density at radius 3 is 2.41 bits per heavy atom. The van der Waals surface area contributed by atoms with Crippen molar-refractivity contribution in [2.75, 3.05) is 18.4 Å². The highest BCUT2D eigenvalue weighted by molar-refractivity contribution is 5.95. The molecule has 2 aromatic carbocycles. The van der Waals surface area contributed by atoms with Crippen LogP contribution in [0.5, 0.6) is 0 Å². The summed E-state index contributed by atoms with van der Waals surface area (Å²) in [5.41, 5.74) is 2.71. The number of hydrogen-bond acceptors (Lipinski definition) is 3. The van der Waals surface area contributed by atoms with E-state index < -0.39 is 0 Å². The molecule has 2 aromatic rings. The van der Waals surface area contributed by atoms with Crippen LogP contribution in [0.4, 0.5) is 5.69 Å². The fourth-order valence-corrected chi connectivity index (χ4v) is 3.27. The number of benzene rings is 2. The molecular weight excluding hydrogens is 366 g/mol. The van der Waals surface area contributed by atoms with Crippen molar-refractivity contribution in [2.24, 2.45) is 5.92 Å². The molecule has 1 aliphatic carbocycles. The lowest BCUT2D eigenvalue weighted by Crippen LogP contribution is -2.45. The van der Waals surface area contributed by atoms with Crippen LogP contribution in [-0.4, -0.2) is 35.7 Å². The van der Waals surface area contributed by atoms with Crippen LogP contribution in [0.25, 0.3) is 0 Å². The van der Waals surface area contributed by atoms with Crippen molar-refractivity contribution >= 4 is 23.4 Å². The number of carbonyl (C=O) groups is 3. The number of nitrogens with one attached hydrogen (secondary N) is 2. The molecule has 6 heteroatoms. The Morgan fingerprint density at radius 2 is 1.76 bits per heavy atom. The van der Waals surface area contributed by atoms with Gasteiger partial charge < -0.3 is 15.5 Å². The van der Waals surface area contributed by atoms with Gasteiger partial charge in [0.05, 0.1) is 13.1 Å². The van der Waals surface area contributed by atoms with Crippen molar-refractivity contribution in [3.63, 3.8) is 0 Å². The Balaban J connectivity index is 1.53. The average molecular weight is 393 g/mol. The van der Waals surface area contributed by atoms with Gasteiger partial charge >= 0.3 is 0 Å². The number of nitrogens with zero attached hydrogens (tertiary/aromatic N) is 1. The summed E-state index contributed by atoms with van der Waals surface area (Å²) >= 11 is 0. The van der Waals surface area contributed by atoms with Gasteiger partial charge in [0.25, 0.3) is 0 Å². The number of hydrogen-bond donors (Lipinski definition) is 2. The van der Waals surface area contributed by atoms with E-state index in [1.807, 2.05) is 55.5 Å². The van der Waals surface area contributed by atoms with E-state index in [1.165, 1.54) is 0 Å². The van der Waals surface area contributed by atoms with E-state index in [2.05, 4.69) is 10.6 Å². The summed E-state index contributed by atoms with van der Waals surface area (Å²) in [6.45, 7) is 2.14. The van der Waals surface area contributed by atoms with E-state index in [9.17, 15) is 14.4 Å². The maximum atomic E-state index is 12.7. The Hall–Kier alpha value is -3.15. The summed E-state index contributed by atoms with van der Waals surface area (Å²) in [6.07, 6.45) is 2.82. The molecule has 0 saturated heterocycles. The maximum absolute atomic E-state index is 12.7. The van der Waals surface area contributed by atoms with Gasteiger partial charge in [0, 0.05) is 18.2 Å². The fourth-order valence-electron chi connectivity index (χ4n) is 3.27. The standard InChI is InChI=1S/C23H27N3O3/c1-17-7-5-12-20(13-17)25-21(27)14-24-22(28)16-26(23(29)19-10-6-11-19)15-18-8-3-2-4-9-18/h2-5,7-9,12-13,19H,6,10-11,14-16H2,1H3,(H,24,28)(H,25,27). The number of amides is 3. The number of carbonyl (C=O) groups excluding carboxylic acids is 3. The van der Waals surface area contributed by atoms with Crippen molar-refractivity contribution in [2.45, 2.75) is 32.7 Å². The van der Waals surface area contributed by atoms with Gasteiger partial charge in [-0.05, 0) is 43.0 Å². The third-order valence-corrected chi connectivity index (χ3v) is 5.06. The number of anilines is 1. The predicted octanol–water partition coefficient (Wildman–Crippen LogP) is 2.88. The van der Waals surface area contributed by atoms with Crippen LogP contribution in [0.1, 0.15) is 30.4 Å². The smallest absolute Gasteiger partial charge is 0.243 e. The first-order valence-electron chi connectivity index (χ1n) is 9.97. The molecule has 0 bridgehead atoms. The highest BCUT2D eigenvalue weighted by atomic mass is 16.2. The minimum atomic E-state index is -0.340. The Morgan fingerprint density at radius 1 is 1.00 bits per heavy atom. The lowest BCUT2D eigenvalue weighted by molar-refractivity contribution is -0.142. The van der Waals surface area contributed by atoms with Gasteiger partial charge in [-0.25, -0.2) is 0 Å². The summed E-state index contributed by atoms with van der Waals surface area (Å²) in [7, 11) is 0. The molecule has 29 heavy (non-hydrogen) atoms. The zero-order valence-corrected chi connectivity index (χ0v) is 16.7. The summed E-state index contributed by atoms with van der Waals surface area (Å²) in [5.74, 6) is -0.618. The lowest BCUT2D eigenvalue weighted by Gasteiger charge is -2.31. The first-order valence-corrected chi connectivity index (χ1v) is 9.97. The van der Waals surface area contributed by atoms with Crippen LogP contribution >= 0.6 is 0 Å². The van der Waals surface area contributed by atoms with Crippen LogP contribution < -0.4 is 10.6 Å². The Kier molecular flexibility index (Phi) is 7.00. The second-order valence-corrected chi connectivity index (χ2v) is 7.50. The Labute approximate surface area is 171 Å². The SMILES string of the molecule is Cc1cccc(NC(=O)CNC(=O)CN(Cc2ccccc2)C(=O)C2CCC2)c1. The maximum Gasteiger partial charge on any atom is 0.243 e. The minimum Gasteiger partial charge on any atom is -0.345 e. The van der Waals surface area contributed by atoms with E-state index in [0.717, 1.165) is 30.4 Å². The van der Waals surface area contributed by atoms with Gasteiger partial charge in [-0.3, -0.25) is 14.4 Å². The molecule has 0 aliphatic heterocycles. The van der Waals surface area contributed by atoms with Crippen LogP contribution in [-0.2, 0) is 20.9 Å². The zero-order valence-electron chi connectivity index (χ0n) is 16.7. The molecule has 0 atom stereocenters. The Bertz CT molecular complexity index is 863. The molecule has 1 saturated carbocycles. The lowest BCUT2D eigenvalue weighted by atomic mass is 9.84. The van der Waals surface area contributed by atoms with Gasteiger partial charge in [-0.15, -0.1) is 0 Å². The van der Waals surface area contributed by atoms with Gasteiger partial charge in [-0.2, -0.15) is 0 Å². The summed E-state index contributed by atoms with van der Waals surface area (Å²) in [4.78, 5) is 38.8. The normalized spacial score (nSPS) is 13.3. The van der Waals surface area contributed by atoms with Gasteiger partial charge in [0.2, 0.25) is 17.7 Å². The molecule has 3 amide bonds. The molecule has 152 valence electrons. The highest BCUT2D eigenvalue weighted by Crippen LogP contribution is 2.28. The van der Waals surface area contributed by atoms with Crippen molar-refractivity contribution < 1.29 is 14.4 Å². The molecule has 0 spiro atoms. The largest absolute Gasteiger partial charge is 0.345 e. The first-order chi connectivity index (χ1) is 14.0. The van der Waals surface area contributed by atoms with Crippen molar-refractivity contribution in [1.29, 1.82) is 0 Å². The second-order valence-electron chi connectivity index (χ2n) is 7.50. The van der Waals surface area contributed by atoms with E-state index in [4.69, 9.17) is 0 Å². The quantitative estimate of drug-likeness (QED) is 0.724. The molecule has 1 fully saturated rings. The minimum absolute atomic E-state index is 0.0103. The van der Waals surface area contributed by atoms with E-state index in [0.29, 0.717) is 12.2 Å². The molecule has 1 aliphatic rings. The third kappa shape index (κ3) is 6.17. The van der Waals surface area contributed by atoms with Crippen LogP contribution in [0, 0.1) is 12.8 Å². The number of rotatable bonds is 8. The monoisotopic (exact) mass is 393 g/mol. The average Bonchev–Trinajstić information content (AvgIpc) is 2.65. The van der Waals surface area contributed by atoms with Gasteiger partial charge in [-0.1, -0.05) is 48.9 Å². The van der Waals surface area contributed by atoms with Crippen molar-refractivity contribution in [1.82, 2.24) is 10.2 Å². The third-order valence-electron chi connectivity index (χ3n) is 5.06. The van der Waals surface area contributed by atoms with Crippen molar-refractivity contribution in [3.8, 4) is 0 Å². The molecule has 3 rings (SSSR count). The van der Waals surface area contributed by atoms with Crippen LogP contribution in [0.2, 0.25) is 0 Å². The van der Waals surface area contributed by atoms with Crippen LogP contribution in [0.3, 0.4) is 0 Å². The van der Waals surface area contributed by atoms with Crippen molar-refractivity contribution in [3.05, 3.63) is 65.7 Å². The summed E-state index contributed by atoms with van der Waals surface area (Å²) in [5, 5.41) is 5.37. The van der Waals surface area contributed by atoms with E-state index in [1.54, 1.807) is 11.0 Å². The molecule has 6 nitrogen and oxygen atoms in total. The molecule has 0 unspecified atom stereocenters. The van der Waals surface area contributed by atoms with E-state index >= 15 is 0 Å². The molecular formula is C23H27N3O3. The summed E-state index contributed by atoms with van der Waals surface area (Å²) < 4.78 is 0. The predicted molar refractivity (Wildman–Crippen MR) is 112 cm³/mol. The topological polar surface area (TPSA) is 78.5 Å². The van der Waals surface area contributed by atoms with Gasteiger partial charge in [0.1, 0.15) is 0 Å². The summed E-state index contributed by atoms with van der Waals surface area (Å²) in [6, 6.07) is 17.1. The molecule has 0 aromatic heterocycles.